The Morgan fingerprint density at radius 1 is 1.53 bits per heavy atom. The molecule has 110 valence electrons. The van der Waals surface area contributed by atoms with Crippen molar-refractivity contribution < 1.29 is 13.2 Å². The summed E-state index contributed by atoms with van der Waals surface area (Å²) >= 11 is 4.73. The zero-order valence-electron chi connectivity index (χ0n) is 11.2. The normalized spacial score (nSPS) is 13.7. The second-order valence-electron chi connectivity index (χ2n) is 4.06. The minimum absolute atomic E-state index is 0.213. The molecule has 1 atom stereocenters. The van der Waals surface area contributed by atoms with Gasteiger partial charge in [0.05, 0.1) is 10.4 Å². The van der Waals surface area contributed by atoms with Crippen LogP contribution in [0.3, 0.4) is 0 Å². The van der Waals surface area contributed by atoms with Gasteiger partial charge in [-0.1, -0.05) is 6.92 Å². The maximum atomic E-state index is 12.3. The molecular weight excluding hydrogens is 352 g/mol. The predicted octanol–water partition coefficient (Wildman–Crippen LogP) is 1.93. The fourth-order valence-corrected chi connectivity index (χ4v) is 5.56. The minimum atomic E-state index is -3.52. The predicted molar refractivity (Wildman–Crippen MR) is 81.1 cm³/mol. The van der Waals surface area contributed by atoms with E-state index in [1.807, 2.05) is 14.0 Å². The van der Waals surface area contributed by atoms with Crippen LogP contribution in [0.5, 0.6) is 0 Å². The molecular formula is C11H19BrN2O3S2. The van der Waals surface area contributed by atoms with Crippen LogP contribution in [0.4, 0.5) is 0 Å². The van der Waals surface area contributed by atoms with Crippen LogP contribution in [-0.4, -0.2) is 35.2 Å². The van der Waals surface area contributed by atoms with Gasteiger partial charge in [-0.3, -0.25) is 0 Å². The summed E-state index contributed by atoms with van der Waals surface area (Å²) in [5, 5.41) is 3.00. The van der Waals surface area contributed by atoms with Crippen LogP contribution in [0.15, 0.2) is 14.7 Å². The zero-order chi connectivity index (χ0) is 14.5. The third-order valence-corrected chi connectivity index (χ3v) is 6.30. The summed E-state index contributed by atoms with van der Waals surface area (Å²) in [7, 11) is -0.133. The van der Waals surface area contributed by atoms with Crippen molar-refractivity contribution in [2.24, 2.45) is 0 Å². The molecule has 1 aromatic rings. The summed E-state index contributed by atoms with van der Waals surface area (Å²) in [6.07, 6.45) is 0.679. The zero-order valence-corrected chi connectivity index (χ0v) is 14.4. The maximum absolute atomic E-state index is 12.3. The number of rotatable bonds is 8. The first-order valence-corrected chi connectivity index (χ1v) is 8.98. The van der Waals surface area contributed by atoms with Crippen molar-refractivity contribution in [2.75, 3.05) is 20.8 Å². The average Bonchev–Trinajstić information content (AvgIpc) is 2.71. The lowest BCUT2D eigenvalue weighted by atomic mass is 10.3. The number of halogens is 1. The number of hydrogen-bond donors (Lipinski definition) is 2. The highest BCUT2D eigenvalue weighted by molar-refractivity contribution is 9.11. The summed E-state index contributed by atoms with van der Waals surface area (Å²) in [6, 6.07) is 1.47. The Morgan fingerprint density at radius 3 is 2.74 bits per heavy atom. The molecule has 0 aliphatic heterocycles. The van der Waals surface area contributed by atoms with Crippen molar-refractivity contribution >= 4 is 37.3 Å². The number of thiophene rings is 1. The number of hydrogen-bond acceptors (Lipinski definition) is 5. The molecule has 5 nitrogen and oxygen atoms in total. The second-order valence-corrected chi connectivity index (χ2v) is 8.20. The van der Waals surface area contributed by atoms with Gasteiger partial charge in [0.2, 0.25) is 10.0 Å². The molecule has 0 aliphatic carbocycles. The van der Waals surface area contributed by atoms with Crippen molar-refractivity contribution in [3.63, 3.8) is 0 Å². The molecule has 0 aromatic carbocycles. The smallest absolute Gasteiger partial charge is 0.242 e. The third kappa shape index (κ3) is 4.80. The van der Waals surface area contributed by atoms with Gasteiger partial charge >= 0.3 is 0 Å². The van der Waals surface area contributed by atoms with Gasteiger partial charge in [0.25, 0.3) is 0 Å². The standard InChI is InChI=1S/C11H19BrN2O3S2/c1-4-8(7-17-3)14-19(15,16)10-5-9(6-13-2)18-11(10)12/h5,8,13-14H,4,6-7H2,1-3H3. The van der Waals surface area contributed by atoms with E-state index in [0.717, 1.165) is 4.88 Å². The van der Waals surface area contributed by atoms with Gasteiger partial charge in [-0.05, 0) is 35.5 Å². The van der Waals surface area contributed by atoms with Crippen LogP contribution in [-0.2, 0) is 21.3 Å². The van der Waals surface area contributed by atoms with Gasteiger partial charge in [-0.15, -0.1) is 11.3 Å². The molecule has 0 saturated heterocycles. The highest BCUT2D eigenvalue weighted by Gasteiger charge is 2.23. The fraction of sp³-hybridized carbons (Fsp3) is 0.636. The highest BCUT2D eigenvalue weighted by Crippen LogP contribution is 2.31. The summed E-state index contributed by atoms with van der Waals surface area (Å²) in [5.74, 6) is 0. The lowest BCUT2D eigenvalue weighted by molar-refractivity contribution is 0.173. The quantitative estimate of drug-likeness (QED) is 0.733. The Balaban J connectivity index is 2.93. The van der Waals surface area contributed by atoms with Gasteiger partial charge in [0, 0.05) is 24.6 Å². The van der Waals surface area contributed by atoms with E-state index in [2.05, 4.69) is 26.0 Å². The van der Waals surface area contributed by atoms with E-state index in [1.165, 1.54) is 11.3 Å². The van der Waals surface area contributed by atoms with Crippen molar-refractivity contribution in [3.05, 3.63) is 14.7 Å². The fourth-order valence-electron chi connectivity index (χ4n) is 1.56. The maximum Gasteiger partial charge on any atom is 0.242 e. The van der Waals surface area contributed by atoms with E-state index in [1.54, 1.807) is 13.2 Å². The molecule has 0 radical (unpaired) electrons. The molecule has 0 fully saturated rings. The summed E-state index contributed by atoms with van der Waals surface area (Å²) < 4.78 is 32.9. The molecule has 0 spiro atoms. The Kier molecular flexibility index (Phi) is 6.92. The highest BCUT2D eigenvalue weighted by atomic mass is 79.9. The van der Waals surface area contributed by atoms with Gasteiger partial charge in [0.1, 0.15) is 4.90 Å². The van der Waals surface area contributed by atoms with E-state index in [-0.39, 0.29) is 10.9 Å². The first kappa shape index (κ1) is 17.1. The van der Waals surface area contributed by atoms with E-state index < -0.39 is 10.0 Å². The van der Waals surface area contributed by atoms with Crippen LogP contribution in [0.2, 0.25) is 0 Å². The Bertz CT molecular complexity index is 502. The van der Waals surface area contributed by atoms with Gasteiger partial charge in [-0.25, -0.2) is 13.1 Å². The molecule has 0 amide bonds. The minimum Gasteiger partial charge on any atom is -0.383 e. The Morgan fingerprint density at radius 2 is 2.21 bits per heavy atom. The Labute approximate surface area is 126 Å². The SMILES string of the molecule is CCC(COC)NS(=O)(=O)c1cc(CNC)sc1Br. The summed E-state index contributed by atoms with van der Waals surface area (Å²) in [5.41, 5.74) is 0. The van der Waals surface area contributed by atoms with Crippen LogP contribution >= 0.6 is 27.3 Å². The molecule has 0 aliphatic rings. The monoisotopic (exact) mass is 370 g/mol. The number of methoxy groups -OCH3 is 1. The lowest BCUT2D eigenvalue weighted by Crippen LogP contribution is -2.37. The van der Waals surface area contributed by atoms with Crippen molar-refractivity contribution in [1.82, 2.24) is 10.0 Å². The number of nitrogens with one attached hydrogen (secondary N) is 2. The van der Waals surface area contributed by atoms with Crippen LogP contribution in [0, 0.1) is 0 Å². The summed E-state index contributed by atoms with van der Waals surface area (Å²) in [4.78, 5) is 1.26. The van der Waals surface area contributed by atoms with Crippen LogP contribution in [0.25, 0.3) is 0 Å². The van der Waals surface area contributed by atoms with E-state index in [0.29, 0.717) is 23.4 Å². The number of ether oxygens (including phenoxy) is 1. The summed E-state index contributed by atoms with van der Waals surface area (Å²) in [6.45, 7) is 2.93. The average molecular weight is 371 g/mol. The third-order valence-electron chi connectivity index (χ3n) is 2.53. The van der Waals surface area contributed by atoms with E-state index in [9.17, 15) is 8.42 Å². The number of sulfonamides is 1. The molecule has 0 bridgehead atoms. The molecule has 1 unspecified atom stereocenters. The first-order valence-electron chi connectivity index (χ1n) is 5.88. The van der Waals surface area contributed by atoms with E-state index >= 15 is 0 Å². The van der Waals surface area contributed by atoms with Gasteiger partial charge < -0.3 is 10.1 Å². The van der Waals surface area contributed by atoms with Gasteiger partial charge in [-0.2, -0.15) is 0 Å². The van der Waals surface area contributed by atoms with Crippen molar-refractivity contribution in [2.45, 2.75) is 30.8 Å². The molecule has 1 heterocycles. The lowest BCUT2D eigenvalue weighted by Gasteiger charge is -2.15. The molecule has 8 heteroatoms. The Hall–Kier alpha value is 0.01000. The first-order chi connectivity index (χ1) is 8.94. The second kappa shape index (κ2) is 7.70. The van der Waals surface area contributed by atoms with Crippen molar-refractivity contribution in [3.8, 4) is 0 Å². The molecule has 1 aromatic heterocycles. The largest absolute Gasteiger partial charge is 0.383 e. The van der Waals surface area contributed by atoms with Gasteiger partial charge in [0.15, 0.2) is 0 Å². The molecule has 1 rings (SSSR count). The van der Waals surface area contributed by atoms with Crippen molar-refractivity contribution in [1.29, 1.82) is 0 Å². The van der Waals surface area contributed by atoms with Crippen LogP contribution in [0.1, 0.15) is 18.2 Å². The van der Waals surface area contributed by atoms with Crippen LogP contribution < -0.4 is 10.0 Å². The topological polar surface area (TPSA) is 67.4 Å². The van der Waals surface area contributed by atoms with E-state index in [4.69, 9.17) is 4.74 Å². The molecule has 2 N–H and O–H groups in total. The molecule has 19 heavy (non-hydrogen) atoms. The molecule has 0 saturated carbocycles.